The SMILES string of the molecule is Cc1noc(C)c1CSc1nnc(-c2ccc(Cl)cc2Cl)n1Cc1ccccc1. The van der Waals surface area contributed by atoms with Crippen LogP contribution in [0.3, 0.4) is 0 Å². The van der Waals surface area contributed by atoms with Crippen molar-refractivity contribution in [3.63, 3.8) is 0 Å². The first-order valence-electron chi connectivity index (χ1n) is 9.00. The summed E-state index contributed by atoms with van der Waals surface area (Å²) in [5.74, 6) is 2.23. The number of nitrogens with zero attached hydrogens (tertiary/aromatic N) is 4. The van der Waals surface area contributed by atoms with Crippen LogP contribution in [0.15, 0.2) is 58.2 Å². The van der Waals surface area contributed by atoms with Crippen molar-refractivity contribution in [1.82, 2.24) is 19.9 Å². The molecule has 0 fully saturated rings. The van der Waals surface area contributed by atoms with E-state index in [4.69, 9.17) is 27.7 Å². The molecule has 8 heteroatoms. The molecule has 4 rings (SSSR count). The number of aromatic nitrogens is 4. The van der Waals surface area contributed by atoms with E-state index in [1.54, 1.807) is 23.9 Å². The molecule has 0 N–H and O–H groups in total. The second-order valence-corrected chi connectivity index (χ2v) is 8.38. The highest BCUT2D eigenvalue weighted by molar-refractivity contribution is 7.98. The summed E-state index contributed by atoms with van der Waals surface area (Å²) in [4.78, 5) is 0. The van der Waals surface area contributed by atoms with Crippen molar-refractivity contribution in [2.75, 3.05) is 0 Å². The van der Waals surface area contributed by atoms with Crippen LogP contribution in [0, 0.1) is 13.8 Å². The zero-order valence-corrected chi connectivity index (χ0v) is 18.2. The normalized spacial score (nSPS) is 11.2. The van der Waals surface area contributed by atoms with Gasteiger partial charge >= 0.3 is 0 Å². The summed E-state index contributed by atoms with van der Waals surface area (Å²) in [6.07, 6.45) is 0. The number of rotatable bonds is 6. The van der Waals surface area contributed by atoms with Crippen LogP contribution in [0.2, 0.25) is 10.0 Å². The minimum Gasteiger partial charge on any atom is -0.361 e. The van der Waals surface area contributed by atoms with Gasteiger partial charge in [-0.2, -0.15) is 0 Å². The molecule has 0 atom stereocenters. The Bertz CT molecular complexity index is 1120. The smallest absolute Gasteiger partial charge is 0.192 e. The van der Waals surface area contributed by atoms with Gasteiger partial charge in [0.25, 0.3) is 0 Å². The van der Waals surface area contributed by atoms with Crippen molar-refractivity contribution in [1.29, 1.82) is 0 Å². The summed E-state index contributed by atoms with van der Waals surface area (Å²) in [5, 5.41) is 14.8. The van der Waals surface area contributed by atoms with Gasteiger partial charge in [-0.3, -0.25) is 4.57 Å². The lowest BCUT2D eigenvalue weighted by Gasteiger charge is -2.11. The molecule has 2 heterocycles. The van der Waals surface area contributed by atoms with E-state index < -0.39 is 0 Å². The molecule has 0 amide bonds. The van der Waals surface area contributed by atoms with Gasteiger partial charge < -0.3 is 4.52 Å². The van der Waals surface area contributed by atoms with Gasteiger partial charge in [-0.05, 0) is 37.6 Å². The number of benzene rings is 2. The van der Waals surface area contributed by atoms with E-state index in [-0.39, 0.29) is 0 Å². The second kappa shape index (κ2) is 8.61. The quantitative estimate of drug-likeness (QED) is 0.331. The molecule has 0 aliphatic rings. The Morgan fingerprint density at radius 2 is 1.83 bits per heavy atom. The maximum atomic E-state index is 6.46. The van der Waals surface area contributed by atoms with Crippen LogP contribution in [0.4, 0.5) is 0 Å². The van der Waals surface area contributed by atoms with Crippen LogP contribution in [0.25, 0.3) is 11.4 Å². The molecule has 29 heavy (non-hydrogen) atoms. The van der Waals surface area contributed by atoms with Crippen molar-refractivity contribution in [2.24, 2.45) is 0 Å². The molecule has 0 saturated carbocycles. The summed E-state index contributed by atoms with van der Waals surface area (Å²) in [6.45, 7) is 4.50. The fourth-order valence-electron chi connectivity index (χ4n) is 3.02. The van der Waals surface area contributed by atoms with Crippen molar-refractivity contribution >= 4 is 35.0 Å². The Labute approximate surface area is 183 Å². The molecule has 0 aliphatic carbocycles. The number of hydrogen-bond donors (Lipinski definition) is 0. The van der Waals surface area contributed by atoms with Gasteiger partial charge in [-0.15, -0.1) is 10.2 Å². The average Bonchev–Trinajstić information content (AvgIpc) is 3.24. The fraction of sp³-hybridized carbons (Fsp3) is 0.190. The largest absolute Gasteiger partial charge is 0.361 e. The average molecular weight is 445 g/mol. The van der Waals surface area contributed by atoms with Gasteiger partial charge in [-0.1, -0.05) is 70.5 Å². The third kappa shape index (κ3) is 4.34. The highest BCUT2D eigenvalue weighted by atomic mass is 35.5. The van der Waals surface area contributed by atoms with E-state index in [1.807, 2.05) is 38.1 Å². The maximum Gasteiger partial charge on any atom is 0.192 e. The molecule has 0 unspecified atom stereocenters. The maximum absolute atomic E-state index is 6.46. The van der Waals surface area contributed by atoms with E-state index in [1.165, 1.54) is 0 Å². The lowest BCUT2D eigenvalue weighted by atomic mass is 10.2. The van der Waals surface area contributed by atoms with Crippen LogP contribution in [0.5, 0.6) is 0 Å². The minimum absolute atomic E-state index is 0.543. The van der Waals surface area contributed by atoms with E-state index in [0.29, 0.717) is 28.2 Å². The molecule has 0 aliphatic heterocycles. The van der Waals surface area contributed by atoms with Crippen LogP contribution < -0.4 is 0 Å². The Balaban J connectivity index is 1.72. The third-order valence-electron chi connectivity index (χ3n) is 4.60. The zero-order chi connectivity index (χ0) is 20.4. The van der Waals surface area contributed by atoms with Crippen LogP contribution in [0.1, 0.15) is 22.6 Å². The van der Waals surface area contributed by atoms with Crippen molar-refractivity contribution in [3.8, 4) is 11.4 Å². The van der Waals surface area contributed by atoms with E-state index in [9.17, 15) is 0 Å². The van der Waals surface area contributed by atoms with Crippen LogP contribution in [-0.4, -0.2) is 19.9 Å². The second-order valence-electron chi connectivity index (χ2n) is 6.59. The van der Waals surface area contributed by atoms with E-state index in [2.05, 4.69) is 32.1 Å². The molecular formula is C21H18Cl2N4OS. The molecule has 0 radical (unpaired) electrons. The standard InChI is InChI=1S/C21H18Cl2N4OS/c1-13-18(14(2)28-26-13)12-29-21-25-24-20(17-9-8-16(22)10-19(17)23)27(21)11-15-6-4-3-5-7-15/h3-10H,11-12H2,1-2H3. The first-order valence-corrected chi connectivity index (χ1v) is 10.7. The summed E-state index contributed by atoms with van der Waals surface area (Å²) in [6, 6.07) is 15.6. The topological polar surface area (TPSA) is 56.7 Å². The lowest BCUT2D eigenvalue weighted by Crippen LogP contribution is -2.04. The molecule has 148 valence electrons. The van der Waals surface area contributed by atoms with Crippen molar-refractivity contribution in [3.05, 3.63) is 81.2 Å². The predicted octanol–water partition coefficient (Wildman–Crippen LogP) is 6.20. The zero-order valence-electron chi connectivity index (χ0n) is 15.9. The molecule has 0 bridgehead atoms. The fourth-order valence-corrected chi connectivity index (χ4v) is 4.60. The van der Waals surface area contributed by atoms with Crippen LogP contribution >= 0.6 is 35.0 Å². The highest BCUT2D eigenvalue weighted by Gasteiger charge is 2.19. The molecule has 4 aromatic rings. The Kier molecular flexibility index (Phi) is 5.94. The summed E-state index contributed by atoms with van der Waals surface area (Å²) in [5.41, 5.74) is 3.92. The monoisotopic (exact) mass is 444 g/mol. The minimum atomic E-state index is 0.543. The molecule has 5 nitrogen and oxygen atoms in total. The van der Waals surface area contributed by atoms with Gasteiger partial charge in [0.1, 0.15) is 5.76 Å². The van der Waals surface area contributed by atoms with Gasteiger partial charge in [0.15, 0.2) is 11.0 Å². The molecule has 0 saturated heterocycles. The van der Waals surface area contributed by atoms with E-state index >= 15 is 0 Å². The number of halogens is 2. The van der Waals surface area contributed by atoms with E-state index in [0.717, 1.165) is 33.3 Å². The number of thioether (sulfide) groups is 1. The molecule has 2 aromatic heterocycles. The number of aryl methyl sites for hydroxylation is 2. The molecule has 2 aromatic carbocycles. The molecule has 0 spiro atoms. The molecular weight excluding hydrogens is 427 g/mol. The lowest BCUT2D eigenvalue weighted by molar-refractivity contribution is 0.392. The summed E-state index contributed by atoms with van der Waals surface area (Å²) in [7, 11) is 0. The van der Waals surface area contributed by atoms with Crippen LogP contribution in [-0.2, 0) is 12.3 Å². The Morgan fingerprint density at radius 3 is 2.52 bits per heavy atom. The van der Waals surface area contributed by atoms with Crippen molar-refractivity contribution < 1.29 is 4.52 Å². The highest BCUT2D eigenvalue weighted by Crippen LogP contribution is 2.33. The van der Waals surface area contributed by atoms with Gasteiger partial charge in [0.2, 0.25) is 0 Å². The van der Waals surface area contributed by atoms with Gasteiger partial charge in [0, 0.05) is 21.9 Å². The van der Waals surface area contributed by atoms with Crippen molar-refractivity contribution in [2.45, 2.75) is 31.3 Å². The first-order chi connectivity index (χ1) is 14.0. The third-order valence-corrected chi connectivity index (χ3v) is 6.14. The summed E-state index contributed by atoms with van der Waals surface area (Å²) >= 11 is 14.1. The summed E-state index contributed by atoms with van der Waals surface area (Å²) < 4.78 is 7.35. The number of hydrogen-bond acceptors (Lipinski definition) is 5. The predicted molar refractivity (Wildman–Crippen MR) is 117 cm³/mol. The first kappa shape index (κ1) is 20.0. The Hall–Kier alpha value is -2.28. The van der Waals surface area contributed by atoms with Gasteiger partial charge in [-0.25, -0.2) is 0 Å². The van der Waals surface area contributed by atoms with Gasteiger partial charge in [0.05, 0.1) is 17.3 Å². The Morgan fingerprint density at radius 1 is 1.03 bits per heavy atom.